The predicted octanol–water partition coefficient (Wildman–Crippen LogP) is 0.958. The van der Waals surface area contributed by atoms with Gasteiger partial charge >= 0.3 is 5.97 Å². The van der Waals surface area contributed by atoms with Gasteiger partial charge < -0.3 is 15.3 Å². The van der Waals surface area contributed by atoms with E-state index in [2.05, 4.69) is 5.32 Å². The van der Waals surface area contributed by atoms with Gasteiger partial charge in [0.1, 0.15) is 5.54 Å². The molecule has 0 amide bonds. The predicted molar refractivity (Wildman–Crippen MR) is 80.2 cm³/mol. The van der Waals surface area contributed by atoms with E-state index in [1.54, 1.807) is 6.92 Å². The molecule has 1 saturated heterocycles. The number of carboxylic acids is 1. The number of hydrogen-bond acceptors (Lipinski definition) is 4. The van der Waals surface area contributed by atoms with Crippen LogP contribution in [0.1, 0.15) is 12.5 Å². The summed E-state index contributed by atoms with van der Waals surface area (Å²) in [5.41, 5.74) is 0.937. The van der Waals surface area contributed by atoms with E-state index in [-0.39, 0.29) is 0 Å². The van der Waals surface area contributed by atoms with Gasteiger partial charge in [0.25, 0.3) is 0 Å². The van der Waals surface area contributed by atoms with Crippen molar-refractivity contribution in [2.75, 3.05) is 45.2 Å². The van der Waals surface area contributed by atoms with Crippen LogP contribution in [0, 0.1) is 0 Å². The van der Waals surface area contributed by atoms with Crippen LogP contribution in [0.5, 0.6) is 0 Å². The molecule has 1 unspecified atom stereocenters. The Balaban J connectivity index is 2.34. The van der Waals surface area contributed by atoms with Crippen molar-refractivity contribution in [1.29, 1.82) is 0 Å². The van der Waals surface area contributed by atoms with Crippen molar-refractivity contribution in [2.24, 2.45) is 0 Å². The molecule has 0 spiro atoms. The van der Waals surface area contributed by atoms with Gasteiger partial charge in [-0.2, -0.15) is 0 Å². The molecule has 1 fully saturated rings. The summed E-state index contributed by atoms with van der Waals surface area (Å²) in [4.78, 5) is 15.9. The SMILES string of the molecule is CN(C)c1ccc(C(C)(C(=O)O)N2CCNCC2)cc1. The molecule has 5 heteroatoms. The Labute approximate surface area is 120 Å². The van der Waals surface area contributed by atoms with Crippen LogP contribution in [0.2, 0.25) is 0 Å². The highest BCUT2D eigenvalue weighted by Crippen LogP contribution is 2.30. The largest absolute Gasteiger partial charge is 0.480 e. The number of carbonyl (C=O) groups is 1. The first kappa shape index (κ1) is 14.8. The Kier molecular flexibility index (Phi) is 4.30. The molecule has 0 aliphatic carbocycles. The lowest BCUT2D eigenvalue weighted by molar-refractivity contribution is -0.151. The standard InChI is InChI=1S/C15H23N3O2/c1-15(14(19)20,18-10-8-16-9-11-18)12-4-6-13(7-5-12)17(2)3/h4-7,16H,8-11H2,1-3H3,(H,19,20). The molecule has 2 N–H and O–H groups in total. The average molecular weight is 277 g/mol. The summed E-state index contributed by atoms with van der Waals surface area (Å²) in [6.07, 6.45) is 0. The van der Waals surface area contributed by atoms with Gasteiger partial charge in [-0.1, -0.05) is 12.1 Å². The van der Waals surface area contributed by atoms with E-state index in [0.29, 0.717) is 0 Å². The zero-order chi connectivity index (χ0) is 14.8. The normalized spacial score (nSPS) is 19.4. The Morgan fingerprint density at radius 2 is 1.80 bits per heavy atom. The van der Waals surface area contributed by atoms with Crippen molar-refractivity contribution in [3.63, 3.8) is 0 Å². The third-order valence-electron chi connectivity index (χ3n) is 4.11. The van der Waals surface area contributed by atoms with Crippen LogP contribution in [-0.4, -0.2) is 56.3 Å². The number of piperazine rings is 1. The lowest BCUT2D eigenvalue weighted by Crippen LogP contribution is -2.56. The van der Waals surface area contributed by atoms with Crippen LogP contribution in [0.3, 0.4) is 0 Å². The number of nitrogens with one attached hydrogen (secondary N) is 1. The molecule has 0 saturated carbocycles. The Morgan fingerprint density at radius 3 is 2.25 bits per heavy atom. The minimum absolute atomic E-state index is 0.748. The second kappa shape index (κ2) is 5.81. The summed E-state index contributed by atoms with van der Waals surface area (Å²) < 4.78 is 0. The van der Waals surface area contributed by atoms with Crippen molar-refractivity contribution in [2.45, 2.75) is 12.5 Å². The molecule has 0 radical (unpaired) electrons. The zero-order valence-corrected chi connectivity index (χ0v) is 12.4. The number of anilines is 1. The second-order valence-corrected chi connectivity index (χ2v) is 5.56. The zero-order valence-electron chi connectivity index (χ0n) is 12.4. The van der Waals surface area contributed by atoms with E-state index < -0.39 is 11.5 Å². The first-order chi connectivity index (χ1) is 9.46. The van der Waals surface area contributed by atoms with Crippen LogP contribution >= 0.6 is 0 Å². The quantitative estimate of drug-likeness (QED) is 0.858. The summed E-state index contributed by atoms with van der Waals surface area (Å²) in [6, 6.07) is 7.79. The van der Waals surface area contributed by atoms with E-state index in [1.807, 2.05) is 48.2 Å². The van der Waals surface area contributed by atoms with Crippen molar-refractivity contribution in [3.05, 3.63) is 29.8 Å². The third kappa shape index (κ3) is 2.64. The van der Waals surface area contributed by atoms with E-state index in [1.165, 1.54) is 0 Å². The fourth-order valence-corrected chi connectivity index (χ4v) is 2.64. The van der Waals surface area contributed by atoms with Gasteiger partial charge in [0.05, 0.1) is 0 Å². The topological polar surface area (TPSA) is 55.8 Å². The molecule has 1 aliphatic heterocycles. The Morgan fingerprint density at radius 1 is 1.25 bits per heavy atom. The number of aliphatic carboxylic acids is 1. The Bertz CT molecular complexity index is 467. The first-order valence-electron chi connectivity index (χ1n) is 6.93. The molecule has 20 heavy (non-hydrogen) atoms. The summed E-state index contributed by atoms with van der Waals surface area (Å²) in [5.74, 6) is -0.794. The lowest BCUT2D eigenvalue weighted by Gasteiger charge is -2.40. The molecular weight excluding hydrogens is 254 g/mol. The number of hydrogen-bond donors (Lipinski definition) is 2. The van der Waals surface area contributed by atoms with Crippen molar-refractivity contribution >= 4 is 11.7 Å². The van der Waals surface area contributed by atoms with Gasteiger partial charge in [0.2, 0.25) is 0 Å². The Hall–Kier alpha value is -1.59. The maximum absolute atomic E-state index is 11.9. The minimum Gasteiger partial charge on any atom is -0.480 e. The lowest BCUT2D eigenvalue weighted by atomic mass is 9.89. The van der Waals surface area contributed by atoms with E-state index >= 15 is 0 Å². The summed E-state index contributed by atoms with van der Waals surface area (Å²) in [5, 5.41) is 13.0. The van der Waals surface area contributed by atoms with Crippen LogP contribution in [0.4, 0.5) is 5.69 Å². The first-order valence-corrected chi connectivity index (χ1v) is 6.93. The maximum Gasteiger partial charge on any atom is 0.328 e. The highest BCUT2D eigenvalue weighted by atomic mass is 16.4. The fraction of sp³-hybridized carbons (Fsp3) is 0.533. The van der Waals surface area contributed by atoms with E-state index in [0.717, 1.165) is 37.4 Å². The van der Waals surface area contributed by atoms with E-state index in [4.69, 9.17) is 0 Å². The minimum atomic E-state index is -0.965. The molecule has 2 rings (SSSR count). The van der Waals surface area contributed by atoms with Gasteiger partial charge in [-0.15, -0.1) is 0 Å². The fourth-order valence-electron chi connectivity index (χ4n) is 2.64. The van der Waals surface area contributed by atoms with Crippen molar-refractivity contribution in [3.8, 4) is 0 Å². The summed E-state index contributed by atoms with van der Waals surface area (Å²) in [6.45, 7) is 4.96. The van der Waals surface area contributed by atoms with Gasteiger partial charge in [0, 0.05) is 46.0 Å². The van der Waals surface area contributed by atoms with Crippen molar-refractivity contribution < 1.29 is 9.90 Å². The van der Waals surface area contributed by atoms with Gasteiger partial charge in [-0.3, -0.25) is 4.90 Å². The second-order valence-electron chi connectivity index (χ2n) is 5.56. The molecule has 1 aromatic rings. The molecule has 0 bridgehead atoms. The number of nitrogens with zero attached hydrogens (tertiary/aromatic N) is 2. The van der Waals surface area contributed by atoms with Gasteiger partial charge in [-0.05, 0) is 24.6 Å². The van der Waals surface area contributed by atoms with E-state index in [9.17, 15) is 9.90 Å². The monoisotopic (exact) mass is 277 g/mol. The molecular formula is C15H23N3O2. The van der Waals surface area contributed by atoms with Gasteiger partial charge in [0.15, 0.2) is 0 Å². The molecule has 110 valence electrons. The smallest absolute Gasteiger partial charge is 0.328 e. The molecule has 5 nitrogen and oxygen atoms in total. The molecule has 1 aromatic carbocycles. The van der Waals surface area contributed by atoms with Crippen LogP contribution in [0.15, 0.2) is 24.3 Å². The average Bonchev–Trinajstić information content (AvgIpc) is 2.47. The number of rotatable bonds is 4. The van der Waals surface area contributed by atoms with Crippen LogP contribution < -0.4 is 10.2 Å². The molecule has 1 heterocycles. The van der Waals surface area contributed by atoms with Crippen LogP contribution in [-0.2, 0) is 10.3 Å². The highest BCUT2D eigenvalue weighted by molar-refractivity contribution is 5.80. The molecule has 0 aromatic heterocycles. The van der Waals surface area contributed by atoms with Crippen LogP contribution in [0.25, 0.3) is 0 Å². The maximum atomic E-state index is 11.9. The molecule has 1 atom stereocenters. The molecule has 1 aliphatic rings. The third-order valence-corrected chi connectivity index (χ3v) is 4.11. The number of benzene rings is 1. The highest BCUT2D eigenvalue weighted by Gasteiger charge is 2.41. The number of carboxylic acid groups (broad SMARTS) is 1. The summed E-state index contributed by atoms with van der Waals surface area (Å²) >= 11 is 0. The van der Waals surface area contributed by atoms with Gasteiger partial charge in [-0.25, -0.2) is 4.79 Å². The van der Waals surface area contributed by atoms with Crippen molar-refractivity contribution in [1.82, 2.24) is 10.2 Å². The summed E-state index contributed by atoms with van der Waals surface area (Å²) in [7, 11) is 3.95.